The third kappa shape index (κ3) is 3.08. The molecule has 1 aliphatic heterocycles. The van der Waals surface area contributed by atoms with E-state index in [0.29, 0.717) is 6.04 Å². The Hall–Kier alpha value is -0.510. The molecule has 2 unspecified atom stereocenters. The molecular weight excluding hydrogens is 240 g/mol. The molecule has 1 aromatic rings. The van der Waals surface area contributed by atoms with Crippen molar-refractivity contribution in [1.29, 1.82) is 0 Å². The molecule has 0 aliphatic carbocycles. The molecule has 1 fully saturated rings. The number of thioether (sulfide) groups is 1. The van der Waals surface area contributed by atoms with Crippen LogP contribution in [0, 0.1) is 0 Å². The SMILES string of the molecule is CCN1CCCCC(N)C1c1ccc(SC)cc1. The van der Waals surface area contributed by atoms with Crippen molar-refractivity contribution in [2.75, 3.05) is 19.3 Å². The van der Waals surface area contributed by atoms with Crippen LogP contribution in [-0.4, -0.2) is 30.3 Å². The van der Waals surface area contributed by atoms with Crippen molar-refractivity contribution in [2.45, 2.75) is 43.2 Å². The number of hydrogen-bond donors (Lipinski definition) is 1. The zero-order valence-corrected chi connectivity index (χ0v) is 12.2. The lowest BCUT2D eigenvalue weighted by atomic mass is 9.96. The summed E-state index contributed by atoms with van der Waals surface area (Å²) in [6.07, 6.45) is 5.80. The largest absolute Gasteiger partial charge is 0.326 e. The lowest BCUT2D eigenvalue weighted by Crippen LogP contribution is -2.39. The number of nitrogens with two attached hydrogens (primary N) is 1. The fourth-order valence-electron chi connectivity index (χ4n) is 2.88. The molecule has 3 heteroatoms. The summed E-state index contributed by atoms with van der Waals surface area (Å²) in [4.78, 5) is 3.86. The number of rotatable bonds is 3. The molecule has 1 heterocycles. The van der Waals surface area contributed by atoms with Crippen LogP contribution >= 0.6 is 11.8 Å². The van der Waals surface area contributed by atoms with Gasteiger partial charge in [0.25, 0.3) is 0 Å². The Labute approximate surface area is 115 Å². The monoisotopic (exact) mass is 264 g/mol. The van der Waals surface area contributed by atoms with Gasteiger partial charge >= 0.3 is 0 Å². The van der Waals surface area contributed by atoms with E-state index in [1.54, 1.807) is 11.8 Å². The summed E-state index contributed by atoms with van der Waals surface area (Å²) in [6, 6.07) is 9.60. The molecule has 18 heavy (non-hydrogen) atoms. The van der Waals surface area contributed by atoms with Gasteiger partial charge in [-0.15, -0.1) is 11.8 Å². The third-order valence-electron chi connectivity index (χ3n) is 3.90. The van der Waals surface area contributed by atoms with Crippen LogP contribution in [0.25, 0.3) is 0 Å². The maximum Gasteiger partial charge on any atom is 0.0499 e. The van der Waals surface area contributed by atoms with Crippen LogP contribution in [0.5, 0.6) is 0 Å². The number of hydrogen-bond acceptors (Lipinski definition) is 3. The van der Waals surface area contributed by atoms with Crippen LogP contribution in [-0.2, 0) is 0 Å². The number of nitrogens with zero attached hydrogens (tertiary/aromatic N) is 1. The van der Waals surface area contributed by atoms with Crippen LogP contribution < -0.4 is 5.73 Å². The van der Waals surface area contributed by atoms with Gasteiger partial charge in [0.1, 0.15) is 0 Å². The predicted octanol–water partition coefficient (Wildman–Crippen LogP) is 3.28. The van der Waals surface area contributed by atoms with Crippen molar-refractivity contribution in [2.24, 2.45) is 5.73 Å². The number of benzene rings is 1. The van der Waals surface area contributed by atoms with E-state index in [9.17, 15) is 0 Å². The van der Waals surface area contributed by atoms with E-state index in [0.717, 1.165) is 13.0 Å². The first-order valence-electron chi connectivity index (χ1n) is 6.90. The molecule has 1 aliphatic rings. The maximum atomic E-state index is 6.40. The van der Waals surface area contributed by atoms with Gasteiger partial charge in [0.2, 0.25) is 0 Å². The highest BCUT2D eigenvalue weighted by atomic mass is 32.2. The van der Waals surface area contributed by atoms with Gasteiger partial charge in [0.05, 0.1) is 0 Å². The standard InChI is InChI=1S/C15H24N2S/c1-3-17-11-5-4-6-14(16)15(17)12-7-9-13(18-2)10-8-12/h7-10,14-15H,3-6,11,16H2,1-2H3. The summed E-state index contributed by atoms with van der Waals surface area (Å²) < 4.78 is 0. The molecule has 2 rings (SSSR count). The Morgan fingerprint density at radius 1 is 1.28 bits per heavy atom. The van der Waals surface area contributed by atoms with E-state index in [1.165, 1.54) is 29.8 Å². The minimum Gasteiger partial charge on any atom is -0.326 e. The molecule has 1 saturated heterocycles. The lowest BCUT2D eigenvalue weighted by Gasteiger charge is -2.33. The Kier molecular flexibility index (Phi) is 5.10. The molecular formula is C15H24N2S. The normalized spacial score (nSPS) is 25.9. The van der Waals surface area contributed by atoms with Crippen molar-refractivity contribution in [1.82, 2.24) is 4.90 Å². The Morgan fingerprint density at radius 2 is 2.00 bits per heavy atom. The number of likely N-dealkylation sites (tertiary alicyclic amines) is 1. The molecule has 2 atom stereocenters. The van der Waals surface area contributed by atoms with Gasteiger partial charge in [-0.25, -0.2) is 0 Å². The molecule has 100 valence electrons. The second kappa shape index (κ2) is 6.60. The molecule has 0 aromatic heterocycles. The lowest BCUT2D eigenvalue weighted by molar-refractivity contribution is 0.195. The van der Waals surface area contributed by atoms with Crippen LogP contribution in [0.15, 0.2) is 29.2 Å². The highest BCUT2D eigenvalue weighted by Gasteiger charge is 2.27. The predicted molar refractivity (Wildman–Crippen MR) is 80.0 cm³/mol. The van der Waals surface area contributed by atoms with E-state index in [1.807, 2.05) is 0 Å². The average Bonchev–Trinajstić information content (AvgIpc) is 2.60. The van der Waals surface area contributed by atoms with Gasteiger partial charge in [-0.1, -0.05) is 25.5 Å². The van der Waals surface area contributed by atoms with Crippen LogP contribution in [0.2, 0.25) is 0 Å². The van der Waals surface area contributed by atoms with E-state index < -0.39 is 0 Å². The summed E-state index contributed by atoms with van der Waals surface area (Å²) in [5.41, 5.74) is 7.78. The molecule has 0 saturated carbocycles. The quantitative estimate of drug-likeness (QED) is 0.850. The van der Waals surface area contributed by atoms with Crippen LogP contribution in [0.3, 0.4) is 0 Å². The second-order valence-corrected chi connectivity index (χ2v) is 5.89. The first kappa shape index (κ1) is 13.9. The minimum atomic E-state index is 0.271. The minimum absolute atomic E-state index is 0.271. The highest BCUT2D eigenvalue weighted by Crippen LogP contribution is 2.30. The second-order valence-electron chi connectivity index (χ2n) is 5.01. The van der Waals surface area contributed by atoms with E-state index in [-0.39, 0.29) is 6.04 Å². The van der Waals surface area contributed by atoms with Gasteiger partial charge in [-0.3, -0.25) is 4.90 Å². The zero-order chi connectivity index (χ0) is 13.0. The molecule has 2 nitrogen and oxygen atoms in total. The van der Waals surface area contributed by atoms with Crippen LogP contribution in [0.4, 0.5) is 0 Å². The number of likely N-dealkylation sites (N-methyl/N-ethyl adjacent to an activating group) is 1. The van der Waals surface area contributed by atoms with Gasteiger partial charge in [0, 0.05) is 17.0 Å². The smallest absolute Gasteiger partial charge is 0.0499 e. The fourth-order valence-corrected chi connectivity index (χ4v) is 3.28. The summed E-state index contributed by atoms with van der Waals surface area (Å²) in [5.74, 6) is 0. The van der Waals surface area contributed by atoms with Crippen molar-refractivity contribution in [3.63, 3.8) is 0 Å². The van der Waals surface area contributed by atoms with Gasteiger partial charge in [0.15, 0.2) is 0 Å². The first-order valence-corrected chi connectivity index (χ1v) is 8.12. The van der Waals surface area contributed by atoms with Crippen molar-refractivity contribution in [3.05, 3.63) is 29.8 Å². The Morgan fingerprint density at radius 3 is 2.61 bits per heavy atom. The molecule has 0 bridgehead atoms. The highest BCUT2D eigenvalue weighted by molar-refractivity contribution is 7.98. The van der Waals surface area contributed by atoms with Gasteiger partial charge in [-0.05, 0) is 49.9 Å². The summed E-state index contributed by atoms with van der Waals surface area (Å²) >= 11 is 1.79. The van der Waals surface area contributed by atoms with Gasteiger partial charge in [-0.2, -0.15) is 0 Å². The first-order chi connectivity index (χ1) is 8.76. The Bertz CT molecular complexity index is 363. The fraction of sp³-hybridized carbons (Fsp3) is 0.600. The van der Waals surface area contributed by atoms with Crippen molar-refractivity contribution >= 4 is 11.8 Å². The van der Waals surface area contributed by atoms with E-state index in [2.05, 4.69) is 42.3 Å². The van der Waals surface area contributed by atoms with Crippen molar-refractivity contribution < 1.29 is 0 Å². The molecule has 0 radical (unpaired) electrons. The van der Waals surface area contributed by atoms with E-state index in [4.69, 9.17) is 5.73 Å². The summed E-state index contributed by atoms with van der Waals surface area (Å²) in [5, 5.41) is 0. The van der Waals surface area contributed by atoms with E-state index >= 15 is 0 Å². The van der Waals surface area contributed by atoms with Gasteiger partial charge < -0.3 is 5.73 Å². The topological polar surface area (TPSA) is 29.3 Å². The average molecular weight is 264 g/mol. The third-order valence-corrected chi connectivity index (χ3v) is 4.64. The molecule has 0 spiro atoms. The maximum absolute atomic E-state index is 6.40. The molecule has 2 N–H and O–H groups in total. The Balaban J connectivity index is 2.24. The summed E-state index contributed by atoms with van der Waals surface area (Å²) in [7, 11) is 0. The van der Waals surface area contributed by atoms with Crippen LogP contribution in [0.1, 0.15) is 37.8 Å². The van der Waals surface area contributed by atoms with Crippen molar-refractivity contribution in [3.8, 4) is 0 Å². The summed E-state index contributed by atoms with van der Waals surface area (Å²) in [6.45, 7) is 4.50. The molecule has 1 aromatic carbocycles. The molecule has 0 amide bonds. The zero-order valence-electron chi connectivity index (χ0n) is 11.4.